The van der Waals surface area contributed by atoms with E-state index in [4.69, 9.17) is 0 Å². The van der Waals surface area contributed by atoms with E-state index >= 15 is 0 Å². The normalized spacial score (nSPS) is 10.5. The summed E-state index contributed by atoms with van der Waals surface area (Å²) < 4.78 is 1.99. The molecule has 2 heterocycles. The molecule has 3 rings (SSSR count). The first-order valence-electron chi connectivity index (χ1n) is 4.91. The van der Waals surface area contributed by atoms with E-state index in [1.54, 1.807) is 17.7 Å². The first kappa shape index (κ1) is 9.30. The van der Waals surface area contributed by atoms with E-state index in [0.29, 0.717) is 0 Å². The first-order valence-corrected chi connectivity index (χ1v) is 5.86. The Bertz CT molecular complexity index is 569. The molecule has 3 aromatic rings. The molecule has 0 saturated carbocycles. The number of rotatable bonds is 2. The van der Waals surface area contributed by atoms with Crippen LogP contribution in [0.1, 0.15) is 0 Å². The number of benzene rings is 1. The Hall–Kier alpha value is -1.94. The monoisotopic (exact) mass is 227 g/mol. The first-order chi connectivity index (χ1) is 7.95. The van der Waals surface area contributed by atoms with Gasteiger partial charge >= 0.3 is 0 Å². The second kappa shape index (κ2) is 3.90. The molecule has 3 nitrogen and oxygen atoms in total. The van der Waals surface area contributed by atoms with Crippen molar-refractivity contribution in [2.24, 2.45) is 0 Å². The van der Waals surface area contributed by atoms with Crippen LogP contribution in [0.15, 0.2) is 53.7 Å². The fourth-order valence-corrected chi connectivity index (χ4v) is 2.15. The third-order valence-corrected chi connectivity index (χ3v) is 2.95. The van der Waals surface area contributed by atoms with Crippen molar-refractivity contribution in [2.45, 2.75) is 0 Å². The van der Waals surface area contributed by atoms with Crippen molar-refractivity contribution < 1.29 is 0 Å². The Morgan fingerprint density at radius 3 is 2.75 bits per heavy atom. The maximum Gasteiger partial charge on any atom is 0.149 e. The van der Waals surface area contributed by atoms with Crippen molar-refractivity contribution in [1.82, 2.24) is 14.5 Å². The van der Waals surface area contributed by atoms with Gasteiger partial charge in [0, 0.05) is 10.9 Å². The van der Waals surface area contributed by atoms with Crippen LogP contribution >= 0.6 is 11.3 Å². The maximum atomic E-state index is 4.29. The van der Waals surface area contributed by atoms with Crippen molar-refractivity contribution in [2.75, 3.05) is 0 Å². The van der Waals surface area contributed by atoms with Crippen molar-refractivity contribution in [3.05, 3.63) is 53.7 Å². The Kier molecular flexibility index (Phi) is 2.27. The summed E-state index contributed by atoms with van der Waals surface area (Å²) in [6, 6.07) is 10.2. The van der Waals surface area contributed by atoms with Gasteiger partial charge < -0.3 is 0 Å². The number of aromatic nitrogens is 3. The molecule has 0 N–H and O–H groups in total. The van der Waals surface area contributed by atoms with Crippen LogP contribution in [0.5, 0.6) is 0 Å². The zero-order chi connectivity index (χ0) is 10.8. The molecule has 0 amide bonds. The number of hydrogen-bond donors (Lipinski definition) is 0. The van der Waals surface area contributed by atoms with E-state index in [-0.39, 0.29) is 0 Å². The number of hydrogen-bond acceptors (Lipinski definition) is 3. The quantitative estimate of drug-likeness (QED) is 0.673. The summed E-state index contributed by atoms with van der Waals surface area (Å²) in [5.74, 6) is 0.918. The standard InChI is InChI=1S/C12H9N3S/c1-2-4-10(5-3-1)11-6-13-8-15(11)12-7-16-9-14-12/h1-9H. The lowest BCUT2D eigenvalue weighted by Crippen LogP contribution is -1.94. The van der Waals surface area contributed by atoms with Crippen molar-refractivity contribution >= 4 is 11.3 Å². The summed E-state index contributed by atoms with van der Waals surface area (Å²) in [5, 5.41) is 2.01. The molecule has 4 heteroatoms. The highest BCUT2D eigenvalue weighted by molar-refractivity contribution is 7.07. The van der Waals surface area contributed by atoms with E-state index < -0.39 is 0 Å². The van der Waals surface area contributed by atoms with Gasteiger partial charge in [0.25, 0.3) is 0 Å². The van der Waals surface area contributed by atoms with Crippen molar-refractivity contribution in [3.8, 4) is 17.1 Å². The topological polar surface area (TPSA) is 30.7 Å². The van der Waals surface area contributed by atoms with Crippen molar-refractivity contribution in [1.29, 1.82) is 0 Å². The van der Waals surface area contributed by atoms with E-state index in [9.17, 15) is 0 Å². The Labute approximate surface area is 97.0 Å². The van der Waals surface area contributed by atoms with Crippen LogP contribution in [0, 0.1) is 0 Å². The van der Waals surface area contributed by atoms with Crippen LogP contribution in [0.4, 0.5) is 0 Å². The Balaban J connectivity index is 2.14. The number of thiazole rings is 1. The zero-order valence-electron chi connectivity index (χ0n) is 8.45. The number of nitrogens with zero attached hydrogens (tertiary/aromatic N) is 3. The molecule has 16 heavy (non-hydrogen) atoms. The van der Waals surface area contributed by atoms with Gasteiger partial charge in [-0.1, -0.05) is 30.3 Å². The van der Waals surface area contributed by atoms with Crippen LogP contribution in [0.3, 0.4) is 0 Å². The molecular weight excluding hydrogens is 218 g/mol. The summed E-state index contributed by atoms with van der Waals surface area (Å²) in [7, 11) is 0. The molecule has 0 spiro atoms. The summed E-state index contributed by atoms with van der Waals surface area (Å²) in [4.78, 5) is 8.47. The van der Waals surface area contributed by atoms with Crippen LogP contribution in [-0.2, 0) is 0 Å². The highest BCUT2D eigenvalue weighted by Crippen LogP contribution is 2.21. The minimum atomic E-state index is 0.918. The molecule has 0 aliphatic rings. The SMILES string of the molecule is c1ccc(-c2cncn2-c2cscn2)cc1. The predicted octanol–water partition coefficient (Wildman–Crippen LogP) is 3.00. The average Bonchev–Trinajstić information content (AvgIpc) is 3.01. The van der Waals surface area contributed by atoms with Gasteiger partial charge in [0.15, 0.2) is 0 Å². The van der Waals surface area contributed by atoms with Crippen LogP contribution in [-0.4, -0.2) is 14.5 Å². The molecule has 1 aromatic carbocycles. The van der Waals surface area contributed by atoms with Gasteiger partial charge in [0.1, 0.15) is 12.1 Å². The second-order valence-electron chi connectivity index (χ2n) is 3.36. The minimum Gasteiger partial charge on any atom is -0.282 e. The van der Waals surface area contributed by atoms with E-state index in [1.165, 1.54) is 0 Å². The summed E-state index contributed by atoms with van der Waals surface area (Å²) in [6.45, 7) is 0. The van der Waals surface area contributed by atoms with Gasteiger partial charge in [-0.25, -0.2) is 9.97 Å². The van der Waals surface area contributed by atoms with Crippen LogP contribution in [0.25, 0.3) is 17.1 Å². The van der Waals surface area contributed by atoms with E-state index in [2.05, 4.69) is 22.1 Å². The summed E-state index contributed by atoms with van der Waals surface area (Å²) in [5.41, 5.74) is 4.03. The minimum absolute atomic E-state index is 0.918. The van der Waals surface area contributed by atoms with E-state index in [1.807, 2.05) is 39.9 Å². The highest BCUT2D eigenvalue weighted by Gasteiger charge is 2.07. The fraction of sp³-hybridized carbons (Fsp3) is 0. The van der Waals surface area contributed by atoms with E-state index in [0.717, 1.165) is 17.1 Å². The van der Waals surface area contributed by atoms with Gasteiger partial charge in [0.05, 0.1) is 17.4 Å². The van der Waals surface area contributed by atoms with Crippen LogP contribution < -0.4 is 0 Å². The number of imidazole rings is 1. The lowest BCUT2D eigenvalue weighted by molar-refractivity contribution is 1.02. The lowest BCUT2D eigenvalue weighted by Gasteiger charge is -2.04. The van der Waals surface area contributed by atoms with Crippen LogP contribution in [0.2, 0.25) is 0 Å². The van der Waals surface area contributed by atoms with Gasteiger partial charge in [0.2, 0.25) is 0 Å². The Morgan fingerprint density at radius 1 is 1.12 bits per heavy atom. The molecular formula is C12H9N3S. The molecule has 0 aliphatic heterocycles. The van der Waals surface area contributed by atoms with Gasteiger partial charge in [-0.15, -0.1) is 11.3 Å². The van der Waals surface area contributed by atoms with Crippen molar-refractivity contribution in [3.63, 3.8) is 0 Å². The third-order valence-electron chi connectivity index (χ3n) is 2.37. The molecule has 0 radical (unpaired) electrons. The lowest BCUT2D eigenvalue weighted by atomic mass is 10.2. The summed E-state index contributed by atoms with van der Waals surface area (Å²) in [6.07, 6.45) is 3.64. The highest BCUT2D eigenvalue weighted by atomic mass is 32.1. The second-order valence-corrected chi connectivity index (χ2v) is 4.08. The maximum absolute atomic E-state index is 4.29. The molecule has 0 fully saturated rings. The average molecular weight is 227 g/mol. The molecule has 0 saturated heterocycles. The molecule has 0 bridgehead atoms. The van der Waals surface area contributed by atoms with Gasteiger partial charge in [-0.3, -0.25) is 4.57 Å². The third kappa shape index (κ3) is 1.53. The molecule has 0 atom stereocenters. The smallest absolute Gasteiger partial charge is 0.149 e. The summed E-state index contributed by atoms with van der Waals surface area (Å²) >= 11 is 1.58. The van der Waals surface area contributed by atoms with Gasteiger partial charge in [-0.2, -0.15) is 0 Å². The predicted molar refractivity (Wildman–Crippen MR) is 64.7 cm³/mol. The molecule has 2 aromatic heterocycles. The Morgan fingerprint density at radius 2 is 2.00 bits per heavy atom. The molecule has 78 valence electrons. The molecule has 0 unspecified atom stereocenters. The fourth-order valence-electron chi connectivity index (χ4n) is 1.63. The zero-order valence-corrected chi connectivity index (χ0v) is 9.26. The van der Waals surface area contributed by atoms with Gasteiger partial charge in [-0.05, 0) is 0 Å². The molecule has 0 aliphatic carbocycles. The largest absolute Gasteiger partial charge is 0.282 e.